The van der Waals surface area contributed by atoms with Crippen molar-refractivity contribution in [2.75, 3.05) is 5.32 Å². The normalized spacial score (nSPS) is 13.8. The molecule has 7 heteroatoms. The molecule has 0 saturated carbocycles. The summed E-state index contributed by atoms with van der Waals surface area (Å²) in [6.45, 7) is 0. The number of aryl methyl sites for hydroxylation is 2. The topological polar surface area (TPSA) is 55.1 Å². The molecule has 0 spiro atoms. The van der Waals surface area contributed by atoms with Gasteiger partial charge in [0.15, 0.2) is 5.65 Å². The standard InChI is InChI=1S/C16H12ClN5S/c17-9-4-6-10(7-5-9)19-16-20-14-13-11-2-1-3-12(11)23-15(13)18-8-22(14)21-16/h4-8H,1-3H2,(H,19,21). The van der Waals surface area contributed by atoms with Crippen LogP contribution in [0.4, 0.5) is 11.6 Å². The molecule has 114 valence electrons. The molecule has 0 unspecified atom stereocenters. The lowest BCUT2D eigenvalue weighted by molar-refractivity contribution is 0.914. The fourth-order valence-electron chi connectivity index (χ4n) is 3.11. The summed E-state index contributed by atoms with van der Waals surface area (Å²) in [5.74, 6) is 0.569. The number of rotatable bonds is 2. The van der Waals surface area contributed by atoms with E-state index in [1.54, 1.807) is 22.2 Å². The Morgan fingerprint density at radius 1 is 1.17 bits per heavy atom. The van der Waals surface area contributed by atoms with Gasteiger partial charge in [0.1, 0.15) is 11.2 Å². The van der Waals surface area contributed by atoms with Crippen LogP contribution in [0.3, 0.4) is 0 Å². The van der Waals surface area contributed by atoms with E-state index in [2.05, 4.69) is 20.4 Å². The van der Waals surface area contributed by atoms with Crippen molar-refractivity contribution in [3.05, 3.63) is 46.1 Å². The highest BCUT2D eigenvalue weighted by Gasteiger charge is 2.21. The fourth-order valence-corrected chi connectivity index (χ4v) is 4.46. The van der Waals surface area contributed by atoms with Crippen LogP contribution >= 0.6 is 22.9 Å². The summed E-state index contributed by atoms with van der Waals surface area (Å²) < 4.78 is 1.76. The fraction of sp³-hybridized carbons (Fsp3) is 0.188. The number of aromatic nitrogens is 4. The van der Waals surface area contributed by atoms with Crippen molar-refractivity contribution in [3.63, 3.8) is 0 Å². The third-order valence-corrected chi connectivity index (χ3v) is 5.59. The Hall–Kier alpha value is -2.18. The third kappa shape index (κ3) is 2.09. The number of benzene rings is 1. The molecule has 0 atom stereocenters. The number of thiophene rings is 1. The first-order chi connectivity index (χ1) is 11.3. The smallest absolute Gasteiger partial charge is 0.247 e. The molecule has 0 fully saturated rings. The number of anilines is 2. The van der Waals surface area contributed by atoms with Crippen LogP contribution < -0.4 is 5.32 Å². The van der Waals surface area contributed by atoms with Crippen molar-refractivity contribution in [1.29, 1.82) is 0 Å². The number of hydrogen-bond donors (Lipinski definition) is 1. The van der Waals surface area contributed by atoms with Gasteiger partial charge in [0, 0.05) is 15.6 Å². The Balaban J connectivity index is 1.64. The van der Waals surface area contributed by atoms with Gasteiger partial charge >= 0.3 is 0 Å². The summed E-state index contributed by atoms with van der Waals surface area (Å²) in [5.41, 5.74) is 3.20. The van der Waals surface area contributed by atoms with Crippen molar-refractivity contribution in [2.24, 2.45) is 0 Å². The molecule has 1 N–H and O–H groups in total. The summed E-state index contributed by atoms with van der Waals surface area (Å²) in [5, 5.41) is 9.58. The number of hydrogen-bond acceptors (Lipinski definition) is 5. The molecular formula is C16H12ClN5S. The van der Waals surface area contributed by atoms with E-state index in [4.69, 9.17) is 11.6 Å². The van der Waals surface area contributed by atoms with Gasteiger partial charge < -0.3 is 5.32 Å². The van der Waals surface area contributed by atoms with Crippen LogP contribution in [0, 0.1) is 0 Å². The second-order valence-electron chi connectivity index (χ2n) is 5.62. The second-order valence-corrected chi connectivity index (χ2v) is 7.14. The van der Waals surface area contributed by atoms with E-state index < -0.39 is 0 Å². The van der Waals surface area contributed by atoms with Crippen LogP contribution in [0.15, 0.2) is 30.6 Å². The molecule has 5 rings (SSSR count). The summed E-state index contributed by atoms with van der Waals surface area (Å²) in [6.07, 6.45) is 5.24. The molecule has 3 heterocycles. The maximum atomic E-state index is 5.92. The van der Waals surface area contributed by atoms with Crippen molar-refractivity contribution in [2.45, 2.75) is 19.3 Å². The largest absolute Gasteiger partial charge is 0.323 e. The molecule has 3 aromatic heterocycles. The van der Waals surface area contributed by atoms with Crippen molar-refractivity contribution >= 4 is 50.4 Å². The molecule has 4 aromatic rings. The maximum Gasteiger partial charge on any atom is 0.247 e. The van der Waals surface area contributed by atoms with E-state index in [0.29, 0.717) is 11.0 Å². The molecule has 5 nitrogen and oxygen atoms in total. The Kier molecular flexibility index (Phi) is 2.83. The van der Waals surface area contributed by atoms with E-state index in [1.165, 1.54) is 22.2 Å². The van der Waals surface area contributed by atoms with Gasteiger partial charge in [0.2, 0.25) is 5.95 Å². The Bertz CT molecular complexity index is 1030. The Morgan fingerprint density at radius 3 is 2.91 bits per heavy atom. The first-order valence-corrected chi connectivity index (χ1v) is 8.65. The highest BCUT2D eigenvalue weighted by atomic mass is 35.5. The van der Waals surface area contributed by atoms with Gasteiger partial charge in [-0.1, -0.05) is 11.6 Å². The van der Waals surface area contributed by atoms with Crippen molar-refractivity contribution in [3.8, 4) is 0 Å². The summed E-state index contributed by atoms with van der Waals surface area (Å²) in [7, 11) is 0. The van der Waals surface area contributed by atoms with Crippen LogP contribution in [0.5, 0.6) is 0 Å². The highest BCUT2D eigenvalue weighted by molar-refractivity contribution is 7.19. The summed E-state index contributed by atoms with van der Waals surface area (Å²) >= 11 is 7.70. The van der Waals surface area contributed by atoms with Gasteiger partial charge in [-0.3, -0.25) is 0 Å². The second kappa shape index (κ2) is 4.91. The van der Waals surface area contributed by atoms with E-state index in [-0.39, 0.29) is 0 Å². The van der Waals surface area contributed by atoms with E-state index in [0.717, 1.165) is 29.0 Å². The average Bonchev–Trinajstić information content (AvgIpc) is 3.21. The molecule has 0 radical (unpaired) electrons. The highest BCUT2D eigenvalue weighted by Crippen LogP contribution is 2.38. The molecule has 0 bridgehead atoms. The minimum atomic E-state index is 0.569. The number of fused-ring (bicyclic) bond motifs is 5. The van der Waals surface area contributed by atoms with Gasteiger partial charge in [0.05, 0.1) is 5.39 Å². The molecular weight excluding hydrogens is 330 g/mol. The maximum absolute atomic E-state index is 5.92. The van der Waals surface area contributed by atoms with Gasteiger partial charge in [-0.25, -0.2) is 4.98 Å². The minimum Gasteiger partial charge on any atom is -0.323 e. The van der Waals surface area contributed by atoms with E-state index >= 15 is 0 Å². The quantitative estimate of drug-likeness (QED) is 0.593. The molecule has 0 aliphatic heterocycles. The zero-order valence-electron chi connectivity index (χ0n) is 12.1. The third-order valence-electron chi connectivity index (χ3n) is 4.14. The van der Waals surface area contributed by atoms with Crippen molar-refractivity contribution in [1.82, 2.24) is 19.6 Å². The lowest BCUT2D eigenvalue weighted by Gasteiger charge is -2.00. The van der Waals surface area contributed by atoms with Crippen LogP contribution in [0.2, 0.25) is 5.02 Å². The predicted octanol–water partition coefficient (Wildman–Crippen LogP) is 4.22. The van der Waals surface area contributed by atoms with Crippen LogP contribution in [0.25, 0.3) is 15.9 Å². The lowest BCUT2D eigenvalue weighted by Crippen LogP contribution is -1.93. The molecule has 0 saturated heterocycles. The Labute approximate surface area is 140 Å². The summed E-state index contributed by atoms with van der Waals surface area (Å²) in [4.78, 5) is 11.7. The zero-order valence-corrected chi connectivity index (χ0v) is 13.7. The minimum absolute atomic E-state index is 0.569. The van der Waals surface area contributed by atoms with Gasteiger partial charge in [-0.2, -0.15) is 9.50 Å². The lowest BCUT2D eigenvalue weighted by atomic mass is 10.2. The van der Waals surface area contributed by atoms with Gasteiger partial charge in [-0.15, -0.1) is 16.4 Å². The SMILES string of the molecule is Clc1ccc(Nc2nc3c4c5c(sc4ncn3n2)CCC5)cc1. The van der Waals surface area contributed by atoms with Crippen LogP contribution in [-0.2, 0) is 12.8 Å². The predicted molar refractivity (Wildman–Crippen MR) is 92.9 cm³/mol. The first-order valence-electron chi connectivity index (χ1n) is 7.46. The average molecular weight is 342 g/mol. The van der Waals surface area contributed by atoms with E-state index in [1.807, 2.05) is 24.3 Å². The molecule has 1 aromatic carbocycles. The monoisotopic (exact) mass is 341 g/mol. The molecule has 23 heavy (non-hydrogen) atoms. The first kappa shape index (κ1) is 13.3. The van der Waals surface area contributed by atoms with Crippen LogP contribution in [-0.4, -0.2) is 19.6 Å². The molecule has 0 amide bonds. The van der Waals surface area contributed by atoms with E-state index in [9.17, 15) is 0 Å². The number of nitrogens with one attached hydrogen (secondary N) is 1. The number of nitrogens with zero attached hydrogens (tertiary/aromatic N) is 4. The summed E-state index contributed by atoms with van der Waals surface area (Å²) in [6, 6.07) is 7.49. The number of halogens is 1. The van der Waals surface area contributed by atoms with Crippen LogP contribution in [0.1, 0.15) is 16.9 Å². The molecule has 1 aliphatic rings. The zero-order chi connectivity index (χ0) is 15.4. The Morgan fingerprint density at radius 2 is 2.04 bits per heavy atom. The molecule has 1 aliphatic carbocycles. The van der Waals surface area contributed by atoms with Crippen molar-refractivity contribution < 1.29 is 0 Å². The van der Waals surface area contributed by atoms with Gasteiger partial charge in [-0.05, 0) is 49.1 Å². The van der Waals surface area contributed by atoms with Gasteiger partial charge in [0.25, 0.3) is 0 Å².